The highest BCUT2D eigenvalue weighted by Crippen LogP contribution is 2.34. The Morgan fingerprint density at radius 1 is 1.04 bits per heavy atom. The molecule has 0 spiro atoms. The van der Waals surface area contributed by atoms with Crippen LogP contribution in [0.25, 0.3) is 10.9 Å². The maximum Gasteiger partial charge on any atom is 0.218 e. The number of sulfonamides is 1. The van der Waals surface area contributed by atoms with Crippen LogP contribution in [0, 0.1) is 0 Å². The third-order valence-electron chi connectivity index (χ3n) is 4.80. The summed E-state index contributed by atoms with van der Waals surface area (Å²) in [4.78, 5) is 3.29. The molecule has 5 heteroatoms. The summed E-state index contributed by atoms with van der Waals surface area (Å²) in [5, 5.41) is 1.20. The molecule has 1 aliphatic rings. The molecule has 1 fully saturated rings. The highest BCUT2D eigenvalue weighted by Gasteiger charge is 2.33. The van der Waals surface area contributed by atoms with E-state index in [1.54, 1.807) is 4.31 Å². The fraction of sp³-hybridized carbons (Fsp3) is 0.263. The van der Waals surface area contributed by atoms with Gasteiger partial charge < -0.3 is 4.98 Å². The van der Waals surface area contributed by atoms with Crippen molar-refractivity contribution in [2.75, 3.05) is 13.1 Å². The molecule has 3 aromatic rings. The van der Waals surface area contributed by atoms with E-state index in [1.165, 1.54) is 10.9 Å². The maximum absolute atomic E-state index is 12.7. The summed E-state index contributed by atoms with van der Waals surface area (Å²) < 4.78 is 27.0. The number of aromatic amines is 1. The number of para-hydroxylation sites is 1. The standard InChI is InChI=1S/C19H20N2O2S/c22-24(23,14-15-6-2-1-3-7-15)21-11-10-16(13-21)18-12-20-19-9-5-4-8-17(18)19/h1-9,12,16,20H,10-11,13-14H2. The lowest BCUT2D eigenvalue weighted by Gasteiger charge is -2.16. The van der Waals surface area contributed by atoms with Crippen LogP contribution in [0.5, 0.6) is 0 Å². The number of nitrogens with zero attached hydrogens (tertiary/aromatic N) is 1. The van der Waals surface area contributed by atoms with Gasteiger partial charge in [-0.15, -0.1) is 0 Å². The quantitative estimate of drug-likeness (QED) is 0.790. The molecule has 4 nitrogen and oxygen atoms in total. The summed E-state index contributed by atoms with van der Waals surface area (Å²) in [6, 6.07) is 17.6. The van der Waals surface area contributed by atoms with Gasteiger partial charge in [0.2, 0.25) is 10.0 Å². The van der Waals surface area contributed by atoms with Crippen LogP contribution < -0.4 is 0 Å². The molecule has 0 bridgehead atoms. The van der Waals surface area contributed by atoms with E-state index in [9.17, 15) is 8.42 Å². The van der Waals surface area contributed by atoms with Crippen LogP contribution in [0.15, 0.2) is 60.8 Å². The van der Waals surface area contributed by atoms with Crippen molar-refractivity contribution in [2.24, 2.45) is 0 Å². The summed E-state index contributed by atoms with van der Waals surface area (Å²) in [5.41, 5.74) is 3.18. The molecule has 1 aliphatic heterocycles. The lowest BCUT2D eigenvalue weighted by atomic mass is 9.98. The first kappa shape index (κ1) is 15.4. The van der Waals surface area contributed by atoms with Gasteiger partial charge in [0.25, 0.3) is 0 Å². The largest absolute Gasteiger partial charge is 0.361 e. The van der Waals surface area contributed by atoms with Crippen LogP contribution in [0.1, 0.15) is 23.5 Å². The summed E-state index contributed by atoms with van der Waals surface area (Å²) in [7, 11) is -3.27. The normalized spacial score (nSPS) is 19.1. The average Bonchev–Trinajstić information content (AvgIpc) is 3.22. The van der Waals surface area contributed by atoms with Gasteiger partial charge >= 0.3 is 0 Å². The van der Waals surface area contributed by atoms with Crippen molar-refractivity contribution in [1.29, 1.82) is 0 Å². The van der Waals surface area contributed by atoms with E-state index in [0.29, 0.717) is 13.1 Å². The number of nitrogens with one attached hydrogen (secondary N) is 1. The second kappa shape index (κ2) is 6.07. The van der Waals surface area contributed by atoms with Crippen molar-refractivity contribution in [2.45, 2.75) is 18.1 Å². The van der Waals surface area contributed by atoms with Gasteiger partial charge in [0.15, 0.2) is 0 Å². The summed E-state index contributed by atoms with van der Waals surface area (Å²) in [6.07, 6.45) is 2.90. The average molecular weight is 340 g/mol. The van der Waals surface area contributed by atoms with Gasteiger partial charge in [0, 0.05) is 36.1 Å². The number of rotatable bonds is 4. The molecule has 1 aromatic heterocycles. The molecule has 1 unspecified atom stereocenters. The van der Waals surface area contributed by atoms with Gasteiger partial charge in [-0.2, -0.15) is 0 Å². The number of H-pyrrole nitrogens is 1. The first-order valence-corrected chi connectivity index (χ1v) is 9.82. The van der Waals surface area contributed by atoms with E-state index < -0.39 is 10.0 Å². The fourth-order valence-corrected chi connectivity index (χ4v) is 5.13. The van der Waals surface area contributed by atoms with Crippen molar-refractivity contribution in [1.82, 2.24) is 9.29 Å². The first-order chi connectivity index (χ1) is 11.6. The SMILES string of the molecule is O=S(=O)(Cc1ccccc1)N1CCC(c2c[nH]c3ccccc23)C1. The summed E-state index contributed by atoms with van der Waals surface area (Å²) in [5.74, 6) is 0.334. The number of hydrogen-bond acceptors (Lipinski definition) is 2. The van der Waals surface area contributed by atoms with E-state index in [0.717, 1.165) is 17.5 Å². The predicted octanol–water partition coefficient (Wildman–Crippen LogP) is 3.49. The Kier molecular flexibility index (Phi) is 3.90. The van der Waals surface area contributed by atoms with E-state index in [-0.39, 0.29) is 11.7 Å². The Morgan fingerprint density at radius 2 is 1.79 bits per heavy atom. The van der Waals surface area contributed by atoms with Crippen LogP contribution in [-0.4, -0.2) is 30.8 Å². The monoisotopic (exact) mass is 340 g/mol. The minimum Gasteiger partial charge on any atom is -0.361 e. The molecule has 2 heterocycles. The van der Waals surface area contributed by atoms with E-state index in [2.05, 4.69) is 17.1 Å². The first-order valence-electron chi connectivity index (χ1n) is 8.21. The Balaban J connectivity index is 1.54. The van der Waals surface area contributed by atoms with Gasteiger partial charge in [0.1, 0.15) is 0 Å². The zero-order chi connectivity index (χ0) is 16.6. The molecule has 124 valence electrons. The molecule has 0 amide bonds. The molecular formula is C19H20N2O2S. The van der Waals surface area contributed by atoms with Crippen LogP contribution >= 0.6 is 0 Å². The van der Waals surface area contributed by atoms with Gasteiger partial charge in [-0.25, -0.2) is 12.7 Å². The molecule has 2 aromatic carbocycles. The molecule has 0 radical (unpaired) electrons. The number of fused-ring (bicyclic) bond motifs is 1. The number of aromatic nitrogens is 1. The Morgan fingerprint density at radius 3 is 2.62 bits per heavy atom. The predicted molar refractivity (Wildman–Crippen MR) is 96.3 cm³/mol. The highest BCUT2D eigenvalue weighted by molar-refractivity contribution is 7.88. The van der Waals surface area contributed by atoms with Gasteiger partial charge in [-0.05, 0) is 23.6 Å². The van der Waals surface area contributed by atoms with Crippen molar-refractivity contribution in [3.05, 3.63) is 71.9 Å². The lowest BCUT2D eigenvalue weighted by molar-refractivity contribution is 0.472. The van der Waals surface area contributed by atoms with Gasteiger partial charge in [-0.1, -0.05) is 48.5 Å². The summed E-state index contributed by atoms with van der Waals surface area (Å²) >= 11 is 0. The van der Waals surface area contributed by atoms with Crippen LogP contribution in [0.3, 0.4) is 0 Å². The Hall–Kier alpha value is -2.11. The van der Waals surface area contributed by atoms with Crippen molar-refractivity contribution in [3.63, 3.8) is 0 Å². The number of hydrogen-bond donors (Lipinski definition) is 1. The Bertz CT molecular complexity index is 948. The maximum atomic E-state index is 12.7. The minimum atomic E-state index is -3.27. The van der Waals surface area contributed by atoms with Gasteiger partial charge in [0.05, 0.1) is 5.75 Å². The molecule has 1 atom stereocenters. The van der Waals surface area contributed by atoms with Crippen molar-refractivity contribution >= 4 is 20.9 Å². The van der Waals surface area contributed by atoms with Gasteiger partial charge in [-0.3, -0.25) is 0 Å². The second-order valence-corrected chi connectivity index (χ2v) is 8.34. The minimum absolute atomic E-state index is 0.0778. The molecule has 0 saturated carbocycles. The van der Waals surface area contributed by atoms with E-state index in [4.69, 9.17) is 0 Å². The third-order valence-corrected chi connectivity index (χ3v) is 6.61. The fourth-order valence-electron chi connectivity index (χ4n) is 3.54. The molecule has 24 heavy (non-hydrogen) atoms. The topological polar surface area (TPSA) is 53.2 Å². The molecule has 0 aliphatic carbocycles. The van der Waals surface area contributed by atoms with Crippen molar-refractivity contribution < 1.29 is 8.42 Å². The second-order valence-electron chi connectivity index (χ2n) is 6.38. The third kappa shape index (κ3) is 2.85. The van der Waals surface area contributed by atoms with Crippen LogP contribution in [0.4, 0.5) is 0 Å². The molecule has 1 N–H and O–H groups in total. The lowest BCUT2D eigenvalue weighted by Crippen LogP contribution is -2.29. The molecule has 4 rings (SSSR count). The highest BCUT2D eigenvalue weighted by atomic mass is 32.2. The Labute approximate surface area is 142 Å². The zero-order valence-electron chi connectivity index (χ0n) is 13.4. The molecular weight excluding hydrogens is 320 g/mol. The van der Waals surface area contributed by atoms with E-state index >= 15 is 0 Å². The molecule has 1 saturated heterocycles. The van der Waals surface area contributed by atoms with E-state index in [1.807, 2.05) is 48.7 Å². The van der Waals surface area contributed by atoms with Crippen molar-refractivity contribution in [3.8, 4) is 0 Å². The van der Waals surface area contributed by atoms with Crippen LogP contribution in [-0.2, 0) is 15.8 Å². The zero-order valence-corrected chi connectivity index (χ0v) is 14.2. The smallest absolute Gasteiger partial charge is 0.218 e. The summed E-state index contributed by atoms with van der Waals surface area (Å²) in [6.45, 7) is 1.16. The number of benzene rings is 2. The van der Waals surface area contributed by atoms with Crippen LogP contribution in [0.2, 0.25) is 0 Å².